The van der Waals surface area contributed by atoms with Crippen LogP contribution in [0.1, 0.15) is 16.8 Å². The number of fused-ring (bicyclic) bond motifs is 1. The standard InChI is InChI=1S/C8H9NO/c1-6-8-5-10-4-7(8)2-3-9-6/h2-3H,4-5H2,1H3. The number of hydrogen-bond donors (Lipinski definition) is 0. The monoisotopic (exact) mass is 135 g/mol. The number of nitrogens with zero attached hydrogens (tertiary/aromatic N) is 1. The Morgan fingerprint density at radius 2 is 2.40 bits per heavy atom. The smallest absolute Gasteiger partial charge is 0.0742 e. The van der Waals surface area contributed by atoms with E-state index in [1.807, 2.05) is 19.2 Å². The maximum absolute atomic E-state index is 5.26. The van der Waals surface area contributed by atoms with E-state index in [2.05, 4.69) is 4.98 Å². The highest BCUT2D eigenvalue weighted by Crippen LogP contribution is 2.20. The highest BCUT2D eigenvalue weighted by molar-refractivity contribution is 5.30. The quantitative estimate of drug-likeness (QED) is 0.536. The first-order valence-corrected chi connectivity index (χ1v) is 3.39. The number of hydrogen-bond acceptors (Lipinski definition) is 2. The van der Waals surface area contributed by atoms with Gasteiger partial charge in [-0.2, -0.15) is 0 Å². The van der Waals surface area contributed by atoms with E-state index in [0.717, 1.165) is 18.9 Å². The Labute approximate surface area is 59.9 Å². The number of aromatic nitrogens is 1. The molecule has 0 radical (unpaired) electrons. The minimum Gasteiger partial charge on any atom is -0.372 e. The second kappa shape index (κ2) is 2.06. The van der Waals surface area contributed by atoms with Crippen molar-refractivity contribution in [3.63, 3.8) is 0 Å². The zero-order valence-corrected chi connectivity index (χ0v) is 5.92. The van der Waals surface area contributed by atoms with Crippen molar-refractivity contribution in [2.45, 2.75) is 20.1 Å². The largest absolute Gasteiger partial charge is 0.372 e. The van der Waals surface area contributed by atoms with Crippen LogP contribution in [0.25, 0.3) is 0 Å². The molecule has 0 aliphatic carbocycles. The van der Waals surface area contributed by atoms with E-state index >= 15 is 0 Å². The predicted octanol–water partition coefficient (Wildman–Crippen LogP) is 1.42. The van der Waals surface area contributed by atoms with Crippen LogP contribution >= 0.6 is 0 Å². The maximum atomic E-state index is 5.26. The number of aryl methyl sites for hydroxylation is 1. The summed E-state index contributed by atoms with van der Waals surface area (Å²) in [5.41, 5.74) is 3.69. The van der Waals surface area contributed by atoms with Crippen molar-refractivity contribution in [3.8, 4) is 0 Å². The van der Waals surface area contributed by atoms with Crippen molar-refractivity contribution in [1.29, 1.82) is 0 Å². The summed E-state index contributed by atoms with van der Waals surface area (Å²) >= 11 is 0. The van der Waals surface area contributed by atoms with Crippen LogP contribution in [0, 0.1) is 6.92 Å². The average molecular weight is 135 g/mol. The molecule has 2 heterocycles. The van der Waals surface area contributed by atoms with Gasteiger partial charge in [0.05, 0.1) is 13.2 Å². The third-order valence-electron chi connectivity index (χ3n) is 1.87. The Hall–Kier alpha value is -0.890. The molecule has 52 valence electrons. The van der Waals surface area contributed by atoms with Gasteiger partial charge in [0.2, 0.25) is 0 Å². The lowest BCUT2D eigenvalue weighted by molar-refractivity contribution is 0.134. The van der Waals surface area contributed by atoms with Crippen LogP contribution in [0.2, 0.25) is 0 Å². The Kier molecular flexibility index (Phi) is 1.21. The maximum Gasteiger partial charge on any atom is 0.0742 e. The van der Waals surface area contributed by atoms with Crippen LogP contribution in [0.4, 0.5) is 0 Å². The van der Waals surface area contributed by atoms with Gasteiger partial charge >= 0.3 is 0 Å². The van der Waals surface area contributed by atoms with Gasteiger partial charge in [0.1, 0.15) is 0 Å². The third-order valence-corrected chi connectivity index (χ3v) is 1.87. The second-order valence-corrected chi connectivity index (χ2v) is 2.53. The van der Waals surface area contributed by atoms with E-state index in [1.54, 1.807) is 0 Å². The van der Waals surface area contributed by atoms with Gasteiger partial charge in [0.25, 0.3) is 0 Å². The van der Waals surface area contributed by atoms with Crippen LogP contribution in [0.3, 0.4) is 0 Å². The van der Waals surface area contributed by atoms with E-state index in [0.29, 0.717) is 0 Å². The molecule has 0 fully saturated rings. The summed E-state index contributed by atoms with van der Waals surface area (Å²) in [4.78, 5) is 4.17. The Morgan fingerprint density at radius 3 is 3.20 bits per heavy atom. The van der Waals surface area contributed by atoms with Gasteiger partial charge in [-0.05, 0) is 18.6 Å². The summed E-state index contributed by atoms with van der Waals surface area (Å²) < 4.78 is 5.26. The lowest BCUT2D eigenvalue weighted by atomic mass is 10.1. The number of rotatable bonds is 0. The molecule has 0 N–H and O–H groups in total. The summed E-state index contributed by atoms with van der Waals surface area (Å²) in [6, 6.07) is 2.02. The molecule has 0 saturated carbocycles. The molecule has 1 aromatic rings. The van der Waals surface area contributed by atoms with Gasteiger partial charge in [-0.1, -0.05) is 0 Å². The van der Waals surface area contributed by atoms with Gasteiger partial charge in [0.15, 0.2) is 0 Å². The van der Waals surface area contributed by atoms with Crippen LogP contribution in [0.5, 0.6) is 0 Å². The molecular formula is C8H9NO. The van der Waals surface area contributed by atoms with Gasteiger partial charge in [0, 0.05) is 17.5 Å². The predicted molar refractivity (Wildman–Crippen MR) is 37.5 cm³/mol. The zero-order valence-electron chi connectivity index (χ0n) is 5.92. The molecule has 0 unspecified atom stereocenters. The van der Waals surface area contributed by atoms with Crippen molar-refractivity contribution in [3.05, 3.63) is 29.1 Å². The Bertz CT molecular complexity index is 257. The molecule has 2 rings (SSSR count). The Balaban J connectivity index is 2.59. The normalized spacial score (nSPS) is 15.3. The molecule has 0 spiro atoms. The first-order valence-electron chi connectivity index (χ1n) is 3.39. The minimum atomic E-state index is 0.745. The van der Waals surface area contributed by atoms with Crippen molar-refractivity contribution < 1.29 is 4.74 Å². The molecule has 0 aromatic carbocycles. The molecule has 2 nitrogen and oxygen atoms in total. The summed E-state index contributed by atoms with van der Waals surface area (Å²) in [6.07, 6.45) is 1.84. The van der Waals surface area contributed by atoms with Crippen LogP contribution in [-0.4, -0.2) is 4.98 Å². The van der Waals surface area contributed by atoms with Gasteiger partial charge in [-0.25, -0.2) is 0 Å². The van der Waals surface area contributed by atoms with Crippen LogP contribution < -0.4 is 0 Å². The molecule has 1 aliphatic heterocycles. The molecule has 0 saturated heterocycles. The molecule has 10 heavy (non-hydrogen) atoms. The van der Waals surface area contributed by atoms with Crippen LogP contribution in [0.15, 0.2) is 12.3 Å². The highest BCUT2D eigenvalue weighted by atomic mass is 16.5. The molecular weight excluding hydrogens is 126 g/mol. The van der Waals surface area contributed by atoms with Gasteiger partial charge in [-0.3, -0.25) is 4.98 Å². The summed E-state index contributed by atoms with van der Waals surface area (Å²) in [6.45, 7) is 3.53. The fourth-order valence-corrected chi connectivity index (χ4v) is 1.25. The molecule has 2 heteroatoms. The lowest BCUT2D eigenvalue weighted by Gasteiger charge is -1.97. The van der Waals surface area contributed by atoms with Crippen molar-refractivity contribution in [2.24, 2.45) is 0 Å². The van der Waals surface area contributed by atoms with E-state index in [9.17, 15) is 0 Å². The average Bonchev–Trinajstić information content (AvgIpc) is 2.36. The zero-order chi connectivity index (χ0) is 6.97. The molecule has 0 bridgehead atoms. The topological polar surface area (TPSA) is 22.1 Å². The fourth-order valence-electron chi connectivity index (χ4n) is 1.25. The van der Waals surface area contributed by atoms with Crippen LogP contribution in [-0.2, 0) is 18.0 Å². The van der Waals surface area contributed by atoms with E-state index < -0.39 is 0 Å². The highest BCUT2D eigenvalue weighted by Gasteiger charge is 2.12. The van der Waals surface area contributed by atoms with Crippen molar-refractivity contribution >= 4 is 0 Å². The summed E-state index contributed by atoms with van der Waals surface area (Å²) in [5, 5.41) is 0. The second-order valence-electron chi connectivity index (χ2n) is 2.53. The van der Waals surface area contributed by atoms with E-state index in [-0.39, 0.29) is 0 Å². The minimum absolute atomic E-state index is 0.745. The van der Waals surface area contributed by atoms with Gasteiger partial charge < -0.3 is 4.74 Å². The Morgan fingerprint density at radius 1 is 1.50 bits per heavy atom. The van der Waals surface area contributed by atoms with Crippen molar-refractivity contribution in [2.75, 3.05) is 0 Å². The summed E-state index contributed by atoms with van der Waals surface area (Å²) in [5.74, 6) is 0. The SMILES string of the molecule is Cc1nccc2c1COC2. The first-order chi connectivity index (χ1) is 4.88. The molecule has 1 aliphatic rings. The van der Waals surface area contributed by atoms with E-state index in [1.165, 1.54) is 11.1 Å². The first kappa shape index (κ1) is 5.86. The number of ether oxygens (including phenoxy) is 1. The van der Waals surface area contributed by atoms with Crippen molar-refractivity contribution in [1.82, 2.24) is 4.98 Å². The lowest BCUT2D eigenvalue weighted by Crippen LogP contribution is -1.89. The molecule has 1 aromatic heterocycles. The van der Waals surface area contributed by atoms with Gasteiger partial charge in [-0.15, -0.1) is 0 Å². The number of pyridine rings is 1. The summed E-state index contributed by atoms with van der Waals surface area (Å²) in [7, 11) is 0. The fraction of sp³-hybridized carbons (Fsp3) is 0.375. The molecule has 0 atom stereocenters. The van der Waals surface area contributed by atoms with E-state index in [4.69, 9.17) is 4.74 Å². The molecule has 0 amide bonds. The third kappa shape index (κ3) is 0.727.